The summed E-state index contributed by atoms with van der Waals surface area (Å²) in [5.41, 5.74) is 1.80. The Morgan fingerprint density at radius 1 is 1.17 bits per heavy atom. The highest BCUT2D eigenvalue weighted by atomic mass is 16.5. The fraction of sp³-hybridized carbons (Fsp3) is 0.692. The first-order valence-electron chi connectivity index (χ1n) is 11.7. The monoisotopic (exact) mass is 400 g/mol. The molecule has 1 fully saturated rings. The highest BCUT2D eigenvalue weighted by Gasteiger charge is 2.64. The summed E-state index contributed by atoms with van der Waals surface area (Å²) in [6.45, 7) is 14.8. The molecule has 0 radical (unpaired) electrons. The van der Waals surface area contributed by atoms with Gasteiger partial charge in [0.2, 0.25) is 0 Å². The van der Waals surface area contributed by atoms with Gasteiger partial charge in [-0.15, -0.1) is 0 Å². The second-order valence-electron chi connectivity index (χ2n) is 9.49. The number of rotatable bonds is 6. The minimum atomic E-state index is -0.896. The van der Waals surface area contributed by atoms with Gasteiger partial charge < -0.3 is 14.9 Å². The lowest BCUT2D eigenvalue weighted by atomic mass is 9.52. The fourth-order valence-corrected chi connectivity index (χ4v) is 5.68. The van der Waals surface area contributed by atoms with Gasteiger partial charge in [-0.05, 0) is 55.2 Å². The van der Waals surface area contributed by atoms with Crippen molar-refractivity contribution in [3.05, 3.63) is 35.4 Å². The normalized spacial score (nSPS) is 32.1. The van der Waals surface area contributed by atoms with E-state index in [2.05, 4.69) is 34.3 Å². The molecule has 3 aliphatic rings. The van der Waals surface area contributed by atoms with Crippen LogP contribution in [0.4, 0.5) is 0 Å². The number of ether oxygens (including phenoxy) is 1. The van der Waals surface area contributed by atoms with Crippen molar-refractivity contribution < 1.29 is 14.9 Å². The second kappa shape index (κ2) is 8.34. The Labute approximate surface area is 177 Å². The molecule has 0 bridgehead atoms. The van der Waals surface area contributed by atoms with Crippen LogP contribution >= 0.6 is 0 Å². The van der Waals surface area contributed by atoms with Crippen LogP contribution in [0, 0.1) is 11.8 Å². The third-order valence-corrected chi connectivity index (χ3v) is 7.75. The van der Waals surface area contributed by atoms with Crippen molar-refractivity contribution >= 4 is 0 Å². The smallest absolute Gasteiger partial charge is 0.166 e. The van der Waals surface area contributed by atoms with Crippen LogP contribution in [0.1, 0.15) is 90.7 Å². The summed E-state index contributed by atoms with van der Waals surface area (Å²) in [7, 11) is 0. The average Bonchev–Trinajstić information content (AvgIpc) is 3.48. The number of hydrogen-bond donors (Lipinski definition) is 2. The molecule has 0 aromatic heterocycles. The van der Waals surface area contributed by atoms with Gasteiger partial charge in [0.05, 0.1) is 11.0 Å². The summed E-state index contributed by atoms with van der Waals surface area (Å²) in [6.07, 6.45) is 8.46. The van der Waals surface area contributed by atoms with Gasteiger partial charge in [0.25, 0.3) is 0 Å². The van der Waals surface area contributed by atoms with E-state index in [0.717, 1.165) is 49.2 Å². The maximum absolute atomic E-state index is 11.8. The van der Waals surface area contributed by atoms with Gasteiger partial charge in [0, 0.05) is 5.56 Å². The van der Waals surface area contributed by atoms with Gasteiger partial charge >= 0.3 is 0 Å². The van der Waals surface area contributed by atoms with Crippen LogP contribution in [0.2, 0.25) is 0 Å². The molecule has 29 heavy (non-hydrogen) atoms. The second-order valence-corrected chi connectivity index (χ2v) is 9.49. The van der Waals surface area contributed by atoms with E-state index in [1.54, 1.807) is 6.07 Å². The summed E-state index contributed by atoms with van der Waals surface area (Å²) >= 11 is 0. The molecule has 162 valence electrons. The Hall–Kier alpha value is -1.48. The molecule has 3 nitrogen and oxygen atoms in total. The first-order chi connectivity index (χ1) is 13.8. The Kier molecular flexibility index (Phi) is 6.38. The van der Waals surface area contributed by atoms with Crippen molar-refractivity contribution in [2.75, 3.05) is 0 Å². The van der Waals surface area contributed by atoms with Gasteiger partial charge in [0.1, 0.15) is 6.10 Å². The van der Waals surface area contributed by atoms with E-state index in [4.69, 9.17) is 4.74 Å². The van der Waals surface area contributed by atoms with Gasteiger partial charge in [0.15, 0.2) is 11.5 Å². The number of phenols is 1. The predicted molar refractivity (Wildman–Crippen MR) is 120 cm³/mol. The highest BCUT2D eigenvalue weighted by molar-refractivity contribution is 5.62. The molecule has 1 aromatic carbocycles. The van der Waals surface area contributed by atoms with Crippen molar-refractivity contribution in [1.29, 1.82) is 0 Å². The predicted octanol–water partition coefficient (Wildman–Crippen LogP) is 6.30. The third-order valence-electron chi connectivity index (χ3n) is 7.75. The molecule has 2 N–H and O–H groups in total. The zero-order chi connectivity index (χ0) is 21.4. The standard InChI is InChI=1S/C21H30O3.C5H10/c1-6-11-21-17-14(12-15(8-3)20(21,5)23)9-10-16(22)18(17)24-19(21)13(4)7-2;1-2-5-3-4-5/h9-10,15,19,22-23H,4,6-8,11-12H2,1-3,5H3;5H,2-4H2,1H3. The first-order valence-corrected chi connectivity index (χ1v) is 11.7. The molecule has 1 aliphatic heterocycles. The van der Waals surface area contributed by atoms with Crippen LogP contribution in [0.3, 0.4) is 0 Å². The van der Waals surface area contributed by atoms with Crippen molar-refractivity contribution in [3.63, 3.8) is 0 Å². The topological polar surface area (TPSA) is 49.7 Å². The number of benzene rings is 1. The van der Waals surface area contributed by atoms with Gasteiger partial charge in [-0.1, -0.05) is 72.4 Å². The van der Waals surface area contributed by atoms with Crippen molar-refractivity contribution in [1.82, 2.24) is 0 Å². The summed E-state index contributed by atoms with van der Waals surface area (Å²) < 4.78 is 6.29. The van der Waals surface area contributed by atoms with Crippen LogP contribution in [0.15, 0.2) is 24.3 Å². The van der Waals surface area contributed by atoms with E-state index in [9.17, 15) is 10.2 Å². The van der Waals surface area contributed by atoms with Crippen molar-refractivity contribution in [2.24, 2.45) is 11.8 Å². The lowest BCUT2D eigenvalue weighted by Crippen LogP contribution is -2.62. The quantitative estimate of drug-likeness (QED) is 0.551. The van der Waals surface area contributed by atoms with Gasteiger partial charge in [-0.3, -0.25) is 0 Å². The Bertz CT molecular complexity index is 747. The highest BCUT2D eigenvalue weighted by Crippen LogP contribution is 2.62. The van der Waals surface area contributed by atoms with E-state index >= 15 is 0 Å². The largest absolute Gasteiger partial charge is 0.504 e. The molecule has 4 rings (SSSR count). The van der Waals surface area contributed by atoms with Crippen LogP contribution in [0.5, 0.6) is 11.5 Å². The number of phenolic OH excluding ortho intramolecular Hbond substituents is 1. The SMILES string of the molecule is C=C(CC)C1Oc2c(O)ccc3c2C1(CCC)C(C)(O)C(CC)C3.CCC1CC1. The molecule has 0 amide bonds. The zero-order valence-corrected chi connectivity index (χ0v) is 19.1. The summed E-state index contributed by atoms with van der Waals surface area (Å²) in [4.78, 5) is 0. The molecule has 4 unspecified atom stereocenters. The minimum absolute atomic E-state index is 0.169. The Morgan fingerprint density at radius 2 is 1.86 bits per heavy atom. The third kappa shape index (κ3) is 3.50. The van der Waals surface area contributed by atoms with Crippen molar-refractivity contribution in [3.8, 4) is 11.5 Å². The maximum Gasteiger partial charge on any atom is 0.166 e. The molecular formula is C26H40O3. The molecule has 1 aromatic rings. The molecule has 3 heteroatoms. The summed E-state index contributed by atoms with van der Waals surface area (Å²) in [5.74, 6) is 2.04. The molecule has 0 saturated heterocycles. The van der Waals surface area contributed by atoms with Crippen LogP contribution < -0.4 is 4.74 Å². The molecule has 1 heterocycles. The average molecular weight is 401 g/mol. The van der Waals surface area contributed by atoms with Crippen LogP contribution in [-0.2, 0) is 11.8 Å². The molecule has 4 atom stereocenters. The lowest BCUT2D eigenvalue weighted by molar-refractivity contribution is -0.106. The van der Waals surface area contributed by atoms with Gasteiger partial charge in [-0.2, -0.15) is 0 Å². The first kappa shape index (κ1) is 22.2. The molecular weight excluding hydrogens is 360 g/mol. The number of aromatic hydroxyl groups is 1. The van der Waals surface area contributed by atoms with Crippen molar-refractivity contribution in [2.45, 2.75) is 103 Å². The summed E-state index contributed by atoms with van der Waals surface area (Å²) in [5, 5.41) is 22.2. The van der Waals surface area contributed by atoms with Crippen LogP contribution in [0.25, 0.3) is 0 Å². The lowest BCUT2D eigenvalue weighted by Gasteiger charge is -2.53. The van der Waals surface area contributed by atoms with E-state index < -0.39 is 11.0 Å². The van der Waals surface area contributed by atoms with E-state index in [1.165, 1.54) is 24.8 Å². The Morgan fingerprint density at radius 3 is 2.34 bits per heavy atom. The maximum atomic E-state index is 11.8. The molecule has 1 saturated carbocycles. The zero-order valence-electron chi connectivity index (χ0n) is 19.1. The minimum Gasteiger partial charge on any atom is -0.504 e. The Balaban J connectivity index is 0.000000419. The fourth-order valence-electron chi connectivity index (χ4n) is 5.68. The van der Waals surface area contributed by atoms with E-state index in [0.29, 0.717) is 5.75 Å². The van der Waals surface area contributed by atoms with E-state index in [1.807, 2.05) is 13.0 Å². The van der Waals surface area contributed by atoms with Gasteiger partial charge in [-0.25, -0.2) is 0 Å². The number of aliphatic hydroxyl groups is 1. The van der Waals surface area contributed by atoms with E-state index in [-0.39, 0.29) is 17.8 Å². The molecule has 0 spiro atoms. The van der Waals surface area contributed by atoms with Crippen LogP contribution in [-0.4, -0.2) is 21.9 Å². The molecule has 2 aliphatic carbocycles. The number of hydrogen-bond acceptors (Lipinski definition) is 3. The summed E-state index contributed by atoms with van der Waals surface area (Å²) in [6, 6.07) is 3.74.